The van der Waals surface area contributed by atoms with Gasteiger partial charge in [-0.15, -0.1) is 0 Å². The Morgan fingerprint density at radius 2 is 2.29 bits per heavy atom. The second kappa shape index (κ2) is 5.54. The third kappa shape index (κ3) is 2.68. The lowest BCUT2D eigenvalue weighted by molar-refractivity contribution is 0.191. The maximum absolute atomic E-state index is 12.1. The lowest BCUT2D eigenvalue weighted by Crippen LogP contribution is -2.20. The molecule has 5 heteroatoms. The van der Waals surface area contributed by atoms with Crippen LogP contribution in [0.1, 0.15) is 12.8 Å². The number of ether oxygens (including phenoxy) is 1. The zero-order valence-electron chi connectivity index (χ0n) is 9.80. The highest BCUT2D eigenvalue weighted by atomic mass is 16.5. The highest BCUT2D eigenvalue weighted by Crippen LogP contribution is 2.03. The van der Waals surface area contributed by atoms with Gasteiger partial charge in [0.05, 0.1) is 23.4 Å². The molecule has 0 saturated carbocycles. The van der Waals surface area contributed by atoms with Crippen LogP contribution in [0.25, 0.3) is 10.9 Å². The molecular formula is C12H15N3O2. The topological polar surface area (TPSA) is 57.0 Å². The Bertz CT molecular complexity index is 551. The Labute approximate surface area is 99.1 Å². The molecule has 0 aliphatic heterocycles. The molecule has 0 aromatic carbocycles. The predicted molar refractivity (Wildman–Crippen MR) is 64.9 cm³/mol. The zero-order chi connectivity index (χ0) is 12.1. The van der Waals surface area contributed by atoms with E-state index in [-0.39, 0.29) is 5.56 Å². The molecule has 2 aromatic heterocycles. The first-order valence-electron chi connectivity index (χ1n) is 5.61. The second-order valence-corrected chi connectivity index (χ2v) is 3.84. The molecule has 0 spiro atoms. The van der Waals surface area contributed by atoms with Crippen LogP contribution >= 0.6 is 0 Å². The molecule has 2 aromatic rings. The van der Waals surface area contributed by atoms with Crippen molar-refractivity contribution in [2.24, 2.45) is 0 Å². The summed E-state index contributed by atoms with van der Waals surface area (Å²) in [5.41, 5.74) is 0.639. The molecule has 0 atom stereocenters. The molecule has 0 bridgehead atoms. The molecule has 0 unspecified atom stereocenters. The Morgan fingerprint density at radius 1 is 1.41 bits per heavy atom. The van der Waals surface area contributed by atoms with E-state index in [9.17, 15) is 4.79 Å². The summed E-state index contributed by atoms with van der Waals surface area (Å²) in [6.07, 6.45) is 6.65. The first kappa shape index (κ1) is 11.7. The fraction of sp³-hybridized carbons (Fsp3) is 0.417. The highest BCUT2D eigenvalue weighted by molar-refractivity contribution is 5.75. The molecule has 0 amide bonds. The first-order valence-corrected chi connectivity index (χ1v) is 5.61. The van der Waals surface area contributed by atoms with E-state index < -0.39 is 0 Å². The van der Waals surface area contributed by atoms with Gasteiger partial charge >= 0.3 is 0 Å². The van der Waals surface area contributed by atoms with E-state index in [1.807, 2.05) is 0 Å². The summed E-state index contributed by atoms with van der Waals surface area (Å²) in [6.45, 7) is 1.40. The average Bonchev–Trinajstić information content (AvgIpc) is 2.37. The Balaban J connectivity index is 2.18. The van der Waals surface area contributed by atoms with Crippen LogP contribution in [0.2, 0.25) is 0 Å². The van der Waals surface area contributed by atoms with E-state index in [0.29, 0.717) is 17.4 Å². The largest absolute Gasteiger partial charge is 0.385 e. The minimum atomic E-state index is -0.00480. The molecule has 0 fully saturated rings. The summed E-state index contributed by atoms with van der Waals surface area (Å²) in [6, 6.07) is 1.70. The highest BCUT2D eigenvalue weighted by Gasteiger charge is 2.02. The maximum Gasteiger partial charge on any atom is 0.261 e. The number of unbranched alkanes of at least 4 members (excludes halogenated alkanes) is 1. The van der Waals surface area contributed by atoms with Crippen LogP contribution in [0.15, 0.2) is 29.6 Å². The monoisotopic (exact) mass is 233 g/mol. The number of hydrogen-bond donors (Lipinski definition) is 0. The van der Waals surface area contributed by atoms with Gasteiger partial charge in [0.25, 0.3) is 5.56 Å². The smallest absolute Gasteiger partial charge is 0.261 e. The molecule has 90 valence electrons. The van der Waals surface area contributed by atoms with Crippen LogP contribution in [-0.4, -0.2) is 28.3 Å². The lowest BCUT2D eigenvalue weighted by atomic mass is 10.3. The summed E-state index contributed by atoms with van der Waals surface area (Å²) in [7, 11) is 1.68. The number of aromatic nitrogens is 3. The van der Waals surface area contributed by atoms with Crippen molar-refractivity contribution in [2.75, 3.05) is 13.7 Å². The molecule has 0 radical (unpaired) electrons. The minimum Gasteiger partial charge on any atom is -0.385 e. The summed E-state index contributed by atoms with van der Waals surface area (Å²) in [4.78, 5) is 20.2. The molecule has 0 aliphatic rings. The third-order valence-corrected chi connectivity index (χ3v) is 2.62. The van der Waals surface area contributed by atoms with Crippen LogP contribution in [0.3, 0.4) is 0 Å². The van der Waals surface area contributed by atoms with Gasteiger partial charge < -0.3 is 4.74 Å². The van der Waals surface area contributed by atoms with Gasteiger partial charge in [0, 0.05) is 26.5 Å². The number of nitrogens with zero attached hydrogens (tertiary/aromatic N) is 3. The van der Waals surface area contributed by atoms with Gasteiger partial charge in [-0.3, -0.25) is 14.3 Å². The Morgan fingerprint density at radius 3 is 3.12 bits per heavy atom. The minimum absolute atomic E-state index is 0.00480. The van der Waals surface area contributed by atoms with Gasteiger partial charge in [0.2, 0.25) is 0 Å². The van der Waals surface area contributed by atoms with Crippen molar-refractivity contribution in [3.8, 4) is 0 Å². The van der Waals surface area contributed by atoms with Gasteiger partial charge in [-0.1, -0.05) is 0 Å². The Kier molecular flexibility index (Phi) is 3.82. The molecule has 2 heterocycles. The molecule has 0 aliphatic carbocycles. The lowest BCUT2D eigenvalue weighted by Gasteiger charge is -2.05. The standard InChI is InChI=1S/C12H15N3O2/c1-17-7-3-2-6-15-9-14-11-8-13-5-4-10(11)12(15)16/h4-5,8-9H,2-3,6-7H2,1H3. The fourth-order valence-corrected chi connectivity index (χ4v) is 1.70. The second-order valence-electron chi connectivity index (χ2n) is 3.84. The third-order valence-electron chi connectivity index (χ3n) is 2.62. The molecule has 2 rings (SSSR count). The van der Waals surface area contributed by atoms with E-state index in [4.69, 9.17) is 4.74 Å². The Hall–Kier alpha value is -1.75. The van der Waals surface area contributed by atoms with Crippen LogP contribution in [-0.2, 0) is 11.3 Å². The molecular weight excluding hydrogens is 218 g/mol. The SMILES string of the molecule is COCCCCn1cnc2cnccc2c1=O. The maximum atomic E-state index is 12.1. The van der Waals surface area contributed by atoms with Gasteiger partial charge in [-0.05, 0) is 18.9 Å². The van der Waals surface area contributed by atoms with Crippen LogP contribution in [0.4, 0.5) is 0 Å². The number of aryl methyl sites for hydroxylation is 1. The molecule has 17 heavy (non-hydrogen) atoms. The summed E-state index contributed by atoms with van der Waals surface area (Å²) in [5.74, 6) is 0. The van der Waals surface area contributed by atoms with Crippen molar-refractivity contribution in [3.05, 3.63) is 35.1 Å². The van der Waals surface area contributed by atoms with E-state index in [1.54, 1.807) is 36.5 Å². The quantitative estimate of drug-likeness (QED) is 0.728. The average molecular weight is 233 g/mol. The molecule has 0 N–H and O–H groups in total. The normalized spacial score (nSPS) is 10.9. The van der Waals surface area contributed by atoms with Gasteiger partial charge in [0.15, 0.2) is 0 Å². The van der Waals surface area contributed by atoms with E-state index in [1.165, 1.54) is 0 Å². The van der Waals surface area contributed by atoms with Crippen molar-refractivity contribution in [3.63, 3.8) is 0 Å². The van der Waals surface area contributed by atoms with Crippen molar-refractivity contribution in [2.45, 2.75) is 19.4 Å². The van der Waals surface area contributed by atoms with Crippen LogP contribution < -0.4 is 5.56 Å². The number of methoxy groups -OCH3 is 1. The van der Waals surface area contributed by atoms with E-state index in [0.717, 1.165) is 19.4 Å². The van der Waals surface area contributed by atoms with Crippen molar-refractivity contribution in [1.29, 1.82) is 0 Å². The summed E-state index contributed by atoms with van der Waals surface area (Å²) < 4.78 is 6.61. The predicted octanol–water partition coefficient (Wildman–Crippen LogP) is 1.22. The van der Waals surface area contributed by atoms with E-state index >= 15 is 0 Å². The molecule has 5 nitrogen and oxygen atoms in total. The fourth-order valence-electron chi connectivity index (χ4n) is 1.70. The van der Waals surface area contributed by atoms with Gasteiger partial charge in [-0.25, -0.2) is 4.98 Å². The molecule has 0 saturated heterocycles. The summed E-state index contributed by atoms with van der Waals surface area (Å²) >= 11 is 0. The summed E-state index contributed by atoms with van der Waals surface area (Å²) in [5, 5.41) is 0.620. The van der Waals surface area contributed by atoms with Crippen molar-refractivity contribution < 1.29 is 4.74 Å². The van der Waals surface area contributed by atoms with Crippen LogP contribution in [0, 0.1) is 0 Å². The number of fused-ring (bicyclic) bond motifs is 1. The number of rotatable bonds is 5. The van der Waals surface area contributed by atoms with Crippen molar-refractivity contribution >= 4 is 10.9 Å². The van der Waals surface area contributed by atoms with Crippen LogP contribution in [0.5, 0.6) is 0 Å². The number of pyridine rings is 1. The van der Waals surface area contributed by atoms with Gasteiger partial charge in [0.1, 0.15) is 0 Å². The van der Waals surface area contributed by atoms with Gasteiger partial charge in [-0.2, -0.15) is 0 Å². The number of hydrogen-bond acceptors (Lipinski definition) is 4. The van der Waals surface area contributed by atoms with E-state index in [2.05, 4.69) is 9.97 Å². The van der Waals surface area contributed by atoms with Crippen molar-refractivity contribution in [1.82, 2.24) is 14.5 Å². The zero-order valence-corrected chi connectivity index (χ0v) is 9.80. The first-order chi connectivity index (χ1) is 8.33.